The fraction of sp³-hybridized carbons (Fsp3) is 0.429. The number of carbonyl (C=O) groups excluding carboxylic acids is 1. The second-order valence-electron chi connectivity index (χ2n) is 4.96. The van der Waals surface area contributed by atoms with Gasteiger partial charge >= 0.3 is 0 Å². The van der Waals surface area contributed by atoms with Gasteiger partial charge in [0.2, 0.25) is 5.76 Å². The molecule has 1 aliphatic rings. The van der Waals surface area contributed by atoms with Crippen LogP contribution in [0.3, 0.4) is 0 Å². The van der Waals surface area contributed by atoms with Crippen molar-refractivity contribution in [2.24, 2.45) is 0 Å². The number of hydrogen-bond acceptors (Lipinski definition) is 7. The minimum atomic E-state index is -0.120. The number of anilines is 2. The van der Waals surface area contributed by atoms with Gasteiger partial charge < -0.3 is 19.6 Å². The molecular weight excluding hydrogens is 284 g/mol. The van der Waals surface area contributed by atoms with E-state index in [1.165, 1.54) is 6.20 Å². The van der Waals surface area contributed by atoms with Gasteiger partial charge in [-0.05, 0) is 19.1 Å². The Bertz CT molecular complexity index is 605. The van der Waals surface area contributed by atoms with Crippen molar-refractivity contribution in [3.63, 3.8) is 0 Å². The first-order valence-electron chi connectivity index (χ1n) is 7.30. The summed E-state index contributed by atoms with van der Waals surface area (Å²) in [5, 5.41) is 15.0. The summed E-state index contributed by atoms with van der Waals surface area (Å²) in [6, 6.07) is 5.44. The van der Waals surface area contributed by atoms with Crippen LogP contribution in [0.15, 0.2) is 28.9 Å². The van der Waals surface area contributed by atoms with E-state index in [0.717, 1.165) is 31.3 Å². The van der Waals surface area contributed by atoms with Crippen molar-refractivity contribution in [2.45, 2.75) is 6.92 Å². The van der Waals surface area contributed by atoms with Crippen LogP contribution in [0, 0.1) is 0 Å². The standard InChI is InChI=1S/C14H18N6O2/c1-2-15-12-3-4-13(18-17-12)19-7-9-20(10-8-19)14(21)11-5-6-16-22-11/h3-6H,2,7-10H2,1H3,(H,15,17). The lowest BCUT2D eigenvalue weighted by molar-refractivity contribution is 0.0704. The van der Waals surface area contributed by atoms with E-state index in [1.807, 2.05) is 19.1 Å². The molecule has 0 atom stereocenters. The number of amides is 1. The van der Waals surface area contributed by atoms with Gasteiger partial charge in [0.05, 0.1) is 6.20 Å². The molecule has 3 heterocycles. The molecule has 116 valence electrons. The molecule has 0 aromatic carbocycles. The minimum Gasteiger partial charge on any atom is -0.369 e. The van der Waals surface area contributed by atoms with Crippen molar-refractivity contribution in [1.29, 1.82) is 0 Å². The summed E-state index contributed by atoms with van der Waals surface area (Å²) in [5.41, 5.74) is 0. The highest BCUT2D eigenvalue weighted by molar-refractivity contribution is 5.91. The van der Waals surface area contributed by atoms with Gasteiger partial charge in [0.1, 0.15) is 5.82 Å². The molecule has 0 aliphatic carbocycles. The maximum absolute atomic E-state index is 12.2. The van der Waals surface area contributed by atoms with E-state index in [1.54, 1.807) is 11.0 Å². The predicted molar refractivity (Wildman–Crippen MR) is 80.8 cm³/mol. The number of piperazine rings is 1. The smallest absolute Gasteiger partial charge is 0.292 e. The van der Waals surface area contributed by atoms with Crippen molar-refractivity contribution in [2.75, 3.05) is 42.9 Å². The maximum atomic E-state index is 12.2. The summed E-state index contributed by atoms with van der Waals surface area (Å²) < 4.78 is 4.91. The first-order chi connectivity index (χ1) is 10.8. The summed E-state index contributed by atoms with van der Waals surface area (Å²) >= 11 is 0. The molecule has 3 rings (SSSR count). The van der Waals surface area contributed by atoms with Crippen LogP contribution in [0.2, 0.25) is 0 Å². The first-order valence-corrected chi connectivity index (χ1v) is 7.30. The molecular formula is C14H18N6O2. The highest BCUT2D eigenvalue weighted by Crippen LogP contribution is 2.15. The van der Waals surface area contributed by atoms with Gasteiger partial charge in [-0.2, -0.15) is 0 Å². The molecule has 8 nitrogen and oxygen atoms in total. The zero-order chi connectivity index (χ0) is 15.4. The van der Waals surface area contributed by atoms with Crippen LogP contribution in [0.4, 0.5) is 11.6 Å². The van der Waals surface area contributed by atoms with Crippen LogP contribution < -0.4 is 10.2 Å². The van der Waals surface area contributed by atoms with Crippen LogP contribution in [0.5, 0.6) is 0 Å². The molecule has 1 saturated heterocycles. The fourth-order valence-electron chi connectivity index (χ4n) is 2.39. The van der Waals surface area contributed by atoms with E-state index in [9.17, 15) is 4.79 Å². The molecule has 8 heteroatoms. The Morgan fingerprint density at radius 3 is 2.64 bits per heavy atom. The number of hydrogen-bond donors (Lipinski definition) is 1. The molecule has 1 amide bonds. The zero-order valence-corrected chi connectivity index (χ0v) is 12.4. The topological polar surface area (TPSA) is 87.4 Å². The highest BCUT2D eigenvalue weighted by Gasteiger charge is 2.24. The summed E-state index contributed by atoms with van der Waals surface area (Å²) in [4.78, 5) is 16.0. The van der Waals surface area contributed by atoms with Gasteiger partial charge in [-0.15, -0.1) is 10.2 Å². The quantitative estimate of drug-likeness (QED) is 0.896. The monoisotopic (exact) mass is 302 g/mol. The van der Waals surface area contributed by atoms with Crippen LogP contribution >= 0.6 is 0 Å². The van der Waals surface area contributed by atoms with E-state index in [4.69, 9.17) is 4.52 Å². The molecule has 1 N–H and O–H groups in total. The van der Waals surface area contributed by atoms with Crippen molar-refractivity contribution >= 4 is 17.5 Å². The van der Waals surface area contributed by atoms with Crippen LogP contribution in [-0.4, -0.2) is 58.9 Å². The average molecular weight is 302 g/mol. The predicted octanol–water partition coefficient (Wildman–Crippen LogP) is 0.859. The molecule has 0 spiro atoms. The maximum Gasteiger partial charge on any atom is 0.292 e. The Balaban J connectivity index is 1.58. The Hall–Kier alpha value is -2.64. The molecule has 2 aromatic heterocycles. The molecule has 1 fully saturated rings. The SMILES string of the molecule is CCNc1ccc(N2CCN(C(=O)c3ccno3)CC2)nn1. The second-order valence-corrected chi connectivity index (χ2v) is 4.96. The van der Waals surface area contributed by atoms with Gasteiger partial charge in [-0.1, -0.05) is 5.16 Å². The van der Waals surface area contributed by atoms with Crippen LogP contribution in [0.1, 0.15) is 17.5 Å². The number of nitrogens with zero attached hydrogens (tertiary/aromatic N) is 5. The average Bonchev–Trinajstić information content (AvgIpc) is 3.10. The van der Waals surface area contributed by atoms with E-state index >= 15 is 0 Å². The summed E-state index contributed by atoms with van der Waals surface area (Å²) in [5.74, 6) is 1.76. The van der Waals surface area contributed by atoms with Gasteiger partial charge in [0, 0.05) is 38.8 Å². The van der Waals surface area contributed by atoms with E-state index in [-0.39, 0.29) is 11.7 Å². The highest BCUT2D eigenvalue weighted by atomic mass is 16.5. The van der Waals surface area contributed by atoms with Gasteiger partial charge in [-0.25, -0.2) is 0 Å². The Kier molecular flexibility index (Phi) is 4.17. The fourth-order valence-corrected chi connectivity index (χ4v) is 2.39. The molecule has 1 aliphatic heterocycles. The van der Waals surface area contributed by atoms with Crippen molar-refractivity contribution in [3.8, 4) is 0 Å². The molecule has 0 radical (unpaired) electrons. The third-order valence-electron chi connectivity index (χ3n) is 3.55. The minimum absolute atomic E-state index is 0.120. The molecule has 0 saturated carbocycles. The van der Waals surface area contributed by atoms with Crippen molar-refractivity contribution in [3.05, 3.63) is 30.2 Å². The van der Waals surface area contributed by atoms with Crippen molar-refractivity contribution < 1.29 is 9.32 Å². The van der Waals surface area contributed by atoms with E-state index < -0.39 is 0 Å². The molecule has 2 aromatic rings. The van der Waals surface area contributed by atoms with Gasteiger partial charge in [-0.3, -0.25) is 4.79 Å². The zero-order valence-electron chi connectivity index (χ0n) is 12.4. The number of aromatic nitrogens is 3. The Morgan fingerprint density at radius 2 is 2.05 bits per heavy atom. The lowest BCUT2D eigenvalue weighted by Crippen LogP contribution is -2.49. The lowest BCUT2D eigenvalue weighted by Gasteiger charge is -2.34. The molecule has 0 bridgehead atoms. The van der Waals surface area contributed by atoms with Gasteiger partial charge in [0.25, 0.3) is 5.91 Å². The van der Waals surface area contributed by atoms with E-state index in [0.29, 0.717) is 13.1 Å². The first kappa shape index (κ1) is 14.3. The summed E-state index contributed by atoms with van der Waals surface area (Å²) in [7, 11) is 0. The molecule has 22 heavy (non-hydrogen) atoms. The third kappa shape index (κ3) is 3.00. The van der Waals surface area contributed by atoms with Crippen molar-refractivity contribution in [1.82, 2.24) is 20.3 Å². The largest absolute Gasteiger partial charge is 0.369 e. The summed E-state index contributed by atoms with van der Waals surface area (Å²) in [6.45, 7) is 5.51. The number of carbonyl (C=O) groups is 1. The number of rotatable bonds is 4. The normalized spacial score (nSPS) is 15.0. The van der Waals surface area contributed by atoms with Crippen LogP contribution in [-0.2, 0) is 0 Å². The Labute approximate surface area is 128 Å². The van der Waals surface area contributed by atoms with Gasteiger partial charge in [0.15, 0.2) is 5.82 Å². The molecule has 0 unspecified atom stereocenters. The second kappa shape index (κ2) is 6.42. The Morgan fingerprint density at radius 1 is 1.23 bits per heavy atom. The van der Waals surface area contributed by atoms with Crippen LogP contribution in [0.25, 0.3) is 0 Å². The summed E-state index contributed by atoms with van der Waals surface area (Å²) in [6.07, 6.45) is 1.48. The lowest BCUT2D eigenvalue weighted by atomic mass is 10.3. The third-order valence-corrected chi connectivity index (χ3v) is 3.55. The number of nitrogens with one attached hydrogen (secondary N) is 1. The van der Waals surface area contributed by atoms with E-state index in [2.05, 4.69) is 25.6 Å².